The molecule has 1 aromatic heterocycles. The second kappa shape index (κ2) is 5.51. The zero-order valence-electron chi connectivity index (χ0n) is 12.2. The van der Waals surface area contributed by atoms with Crippen LogP contribution >= 0.6 is 23.2 Å². The van der Waals surface area contributed by atoms with Crippen molar-refractivity contribution in [1.29, 1.82) is 0 Å². The van der Waals surface area contributed by atoms with Gasteiger partial charge in [-0.05, 0) is 30.3 Å². The molecule has 0 radical (unpaired) electrons. The summed E-state index contributed by atoms with van der Waals surface area (Å²) in [5, 5.41) is 11.4. The Morgan fingerprint density at radius 1 is 1.08 bits per heavy atom. The quantitative estimate of drug-likeness (QED) is 0.737. The highest BCUT2D eigenvalue weighted by molar-refractivity contribution is 6.35. The van der Waals surface area contributed by atoms with Crippen LogP contribution in [0.4, 0.5) is 5.69 Å². The summed E-state index contributed by atoms with van der Waals surface area (Å²) >= 11 is 12.4. The third-order valence-electron chi connectivity index (χ3n) is 3.87. The van der Waals surface area contributed by atoms with Gasteiger partial charge in [0.05, 0.1) is 16.3 Å². The van der Waals surface area contributed by atoms with Gasteiger partial charge in [-0.25, -0.2) is 9.67 Å². The zero-order chi connectivity index (χ0) is 16.7. The lowest BCUT2D eigenvalue weighted by molar-refractivity contribution is 0.0873. The fourth-order valence-electron chi connectivity index (χ4n) is 2.78. The Balaban J connectivity index is 1.96. The van der Waals surface area contributed by atoms with Crippen LogP contribution in [0.1, 0.15) is 15.9 Å². The first-order valence-electron chi connectivity index (χ1n) is 7.10. The number of anilines is 1. The SMILES string of the molecule is O=C1NC(c2ccc(Cl)cc2Cl)(n2cncn2)Nc2ccccc21. The van der Waals surface area contributed by atoms with Crippen molar-refractivity contribution < 1.29 is 4.79 Å². The highest BCUT2D eigenvalue weighted by atomic mass is 35.5. The standard InChI is InChI=1S/C16H11Cl2N5O/c17-10-5-6-12(13(18)7-10)16(23-9-19-8-20-23)21-14-4-2-1-3-11(14)15(24)22-16/h1-9,21H,(H,22,24). The Kier molecular flexibility index (Phi) is 3.44. The van der Waals surface area contributed by atoms with Crippen molar-refractivity contribution in [3.05, 3.63) is 76.3 Å². The van der Waals surface area contributed by atoms with E-state index in [0.29, 0.717) is 26.9 Å². The Morgan fingerprint density at radius 2 is 1.92 bits per heavy atom. The van der Waals surface area contributed by atoms with Gasteiger partial charge in [-0.15, -0.1) is 0 Å². The first-order valence-corrected chi connectivity index (χ1v) is 7.86. The van der Waals surface area contributed by atoms with Crippen LogP contribution in [-0.2, 0) is 5.79 Å². The Hall–Kier alpha value is -2.57. The number of nitrogens with one attached hydrogen (secondary N) is 2. The van der Waals surface area contributed by atoms with Crippen molar-refractivity contribution in [3.8, 4) is 0 Å². The van der Waals surface area contributed by atoms with E-state index in [-0.39, 0.29) is 5.91 Å². The first-order chi connectivity index (χ1) is 11.6. The lowest BCUT2D eigenvalue weighted by Crippen LogP contribution is -2.60. The van der Waals surface area contributed by atoms with Crippen LogP contribution in [0.3, 0.4) is 0 Å². The van der Waals surface area contributed by atoms with E-state index >= 15 is 0 Å². The van der Waals surface area contributed by atoms with E-state index in [1.54, 1.807) is 30.3 Å². The number of aromatic nitrogens is 3. The second-order valence-corrected chi connectivity index (χ2v) is 6.14. The van der Waals surface area contributed by atoms with E-state index in [0.717, 1.165) is 0 Å². The maximum atomic E-state index is 12.7. The lowest BCUT2D eigenvalue weighted by Gasteiger charge is -2.40. The molecule has 1 aliphatic rings. The Morgan fingerprint density at radius 3 is 2.67 bits per heavy atom. The largest absolute Gasteiger partial charge is 0.340 e. The molecule has 24 heavy (non-hydrogen) atoms. The summed E-state index contributed by atoms with van der Waals surface area (Å²) in [5.41, 5.74) is 1.81. The second-order valence-electron chi connectivity index (χ2n) is 5.30. The van der Waals surface area contributed by atoms with Crippen molar-refractivity contribution in [1.82, 2.24) is 20.1 Å². The number of benzene rings is 2. The van der Waals surface area contributed by atoms with Gasteiger partial charge in [0.1, 0.15) is 12.7 Å². The topological polar surface area (TPSA) is 71.8 Å². The van der Waals surface area contributed by atoms with E-state index in [1.807, 2.05) is 12.1 Å². The summed E-state index contributed by atoms with van der Waals surface area (Å²) < 4.78 is 1.51. The van der Waals surface area contributed by atoms with Crippen LogP contribution in [0, 0.1) is 0 Å². The molecule has 1 amide bonds. The molecule has 4 rings (SSSR count). The number of amides is 1. The van der Waals surface area contributed by atoms with Crippen LogP contribution in [0.5, 0.6) is 0 Å². The van der Waals surface area contributed by atoms with Gasteiger partial charge in [0, 0.05) is 10.6 Å². The van der Waals surface area contributed by atoms with Gasteiger partial charge in [0.15, 0.2) is 0 Å². The number of carbonyl (C=O) groups is 1. The molecule has 120 valence electrons. The third kappa shape index (κ3) is 2.23. The van der Waals surface area contributed by atoms with E-state index in [2.05, 4.69) is 20.7 Å². The minimum absolute atomic E-state index is 0.245. The number of halogens is 2. The Labute approximate surface area is 147 Å². The molecule has 0 saturated carbocycles. The van der Waals surface area contributed by atoms with Crippen LogP contribution < -0.4 is 10.6 Å². The van der Waals surface area contributed by atoms with Crippen molar-refractivity contribution >= 4 is 34.8 Å². The van der Waals surface area contributed by atoms with E-state index in [4.69, 9.17) is 23.2 Å². The van der Waals surface area contributed by atoms with Crippen LogP contribution in [0.2, 0.25) is 10.0 Å². The van der Waals surface area contributed by atoms with Gasteiger partial charge >= 0.3 is 0 Å². The Bertz CT molecular complexity index is 928. The molecule has 1 unspecified atom stereocenters. The van der Waals surface area contributed by atoms with Gasteiger partial charge in [-0.1, -0.05) is 35.3 Å². The molecule has 2 N–H and O–H groups in total. The van der Waals surface area contributed by atoms with Crippen molar-refractivity contribution in [2.45, 2.75) is 5.79 Å². The number of rotatable bonds is 2. The maximum absolute atomic E-state index is 12.7. The number of para-hydroxylation sites is 1. The molecule has 2 heterocycles. The minimum Gasteiger partial charge on any atom is -0.340 e. The summed E-state index contributed by atoms with van der Waals surface area (Å²) in [6.45, 7) is 0. The van der Waals surface area contributed by atoms with Gasteiger partial charge in [0.25, 0.3) is 5.91 Å². The molecule has 8 heteroatoms. The predicted octanol–water partition coefficient (Wildman–Crippen LogP) is 3.10. The summed E-state index contributed by atoms with van der Waals surface area (Å²) in [7, 11) is 0. The summed E-state index contributed by atoms with van der Waals surface area (Å²) in [6, 6.07) is 12.3. The molecule has 0 saturated heterocycles. The monoisotopic (exact) mass is 359 g/mol. The van der Waals surface area contributed by atoms with Gasteiger partial charge in [-0.3, -0.25) is 4.79 Å². The number of nitrogens with zero attached hydrogens (tertiary/aromatic N) is 3. The van der Waals surface area contributed by atoms with E-state index in [9.17, 15) is 4.79 Å². The molecule has 0 fully saturated rings. The highest BCUT2D eigenvalue weighted by Crippen LogP contribution is 2.36. The molecule has 0 aliphatic carbocycles. The summed E-state index contributed by atoms with van der Waals surface area (Å²) in [5.74, 6) is -1.45. The van der Waals surface area contributed by atoms with Crippen molar-refractivity contribution in [2.75, 3.05) is 5.32 Å². The molecular formula is C16H11Cl2N5O. The van der Waals surface area contributed by atoms with Crippen LogP contribution in [-0.4, -0.2) is 20.7 Å². The van der Waals surface area contributed by atoms with Gasteiger partial charge in [-0.2, -0.15) is 5.10 Å². The molecule has 0 bridgehead atoms. The average Bonchev–Trinajstić information content (AvgIpc) is 3.09. The normalized spacial score (nSPS) is 19.3. The molecule has 2 aromatic carbocycles. The smallest absolute Gasteiger partial charge is 0.256 e. The van der Waals surface area contributed by atoms with Gasteiger partial charge < -0.3 is 10.6 Å². The summed E-state index contributed by atoms with van der Waals surface area (Å²) in [4.78, 5) is 16.7. The van der Waals surface area contributed by atoms with E-state index in [1.165, 1.54) is 17.3 Å². The fourth-order valence-corrected chi connectivity index (χ4v) is 3.33. The molecule has 6 nitrogen and oxygen atoms in total. The van der Waals surface area contributed by atoms with Crippen molar-refractivity contribution in [3.63, 3.8) is 0 Å². The molecule has 1 atom stereocenters. The third-order valence-corrected chi connectivity index (χ3v) is 4.41. The average molecular weight is 360 g/mol. The molecule has 3 aromatic rings. The minimum atomic E-state index is -1.20. The number of carbonyl (C=O) groups excluding carboxylic acids is 1. The molecular weight excluding hydrogens is 349 g/mol. The predicted molar refractivity (Wildman–Crippen MR) is 91.1 cm³/mol. The number of fused-ring (bicyclic) bond motifs is 1. The van der Waals surface area contributed by atoms with Crippen LogP contribution in [0.15, 0.2) is 55.1 Å². The maximum Gasteiger partial charge on any atom is 0.256 e. The number of hydrogen-bond donors (Lipinski definition) is 2. The first kappa shape index (κ1) is 15.0. The molecule has 1 aliphatic heterocycles. The van der Waals surface area contributed by atoms with Crippen LogP contribution in [0.25, 0.3) is 0 Å². The van der Waals surface area contributed by atoms with Crippen molar-refractivity contribution in [2.24, 2.45) is 0 Å². The molecule has 0 spiro atoms. The summed E-state index contributed by atoms with van der Waals surface area (Å²) in [6.07, 6.45) is 2.89. The number of hydrogen-bond acceptors (Lipinski definition) is 4. The lowest BCUT2D eigenvalue weighted by atomic mass is 10.0. The van der Waals surface area contributed by atoms with E-state index < -0.39 is 5.79 Å². The zero-order valence-corrected chi connectivity index (χ0v) is 13.7. The van der Waals surface area contributed by atoms with Gasteiger partial charge in [0.2, 0.25) is 5.79 Å². The fraction of sp³-hybridized carbons (Fsp3) is 0.0625. The highest BCUT2D eigenvalue weighted by Gasteiger charge is 2.43.